The molecule has 1 atom stereocenters. The number of hydrogen-bond donors (Lipinski definition) is 2. The lowest BCUT2D eigenvalue weighted by Gasteiger charge is -2.28. The van der Waals surface area contributed by atoms with E-state index >= 15 is 0 Å². The maximum absolute atomic E-state index is 6.10. The first-order valence-electron chi connectivity index (χ1n) is 6.09. The van der Waals surface area contributed by atoms with Crippen LogP contribution in [0, 0.1) is 0 Å². The Morgan fingerprint density at radius 2 is 2.24 bits per heavy atom. The molecule has 92 valence electrons. The van der Waals surface area contributed by atoms with E-state index in [1.165, 1.54) is 6.42 Å². The van der Waals surface area contributed by atoms with Crippen LogP contribution in [0.3, 0.4) is 0 Å². The zero-order chi connectivity index (χ0) is 12.4. The highest BCUT2D eigenvalue weighted by Gasteiger charge is 2.13. The van der Waals surface area contributed by atoms with Crippen LogP contribution >= 0.6 is 0 Å². The Hall–Kier alpha value is -1.71. The smallest absolute Gasteiger partial charge is 0.0672 e. The van der Waals surface area contributed by atoms with Crippen molar-refractivity contribution in [3.05, 3.63) is 18.3 Å². The molecule has 4 nitrogen and oxygen atoms in total. The number of fused-ring (bicyclic) bond motifs is 1. The van der Waals surface area contributed by atoms with Gasteiger partial charge in [0.25, 0.3) is 0 Å². The van der Waals surface area contributed by atoms with E-state index in [9.17, 15) is 0 Å². The average Bonchev–Trinajstić information content (AvgIpc) is 2.74. The highest BCUT2D eigenvalue weighted by atomic mass is 15.1. The summed E-state index contributed by atoms with van der Waals surface area (Å²) >= 11 is 0. The molecule has 0 aliphatic rings. The minimum atomic E-state index is 0.489. The third-order valence-electron chi connectivity index (χ3n) is 3.34. The van der Waals surface area contributed by atoms with Crippen LogP contribution in [0.15, 0.2) is 18.3 Å². The first-order chi connectivity index (χ1) is 8.13. The van der Waals surface area contributed by atoms with Gasteiger partial charge in [-0.1, -0.05) is 13.3 Å². The van der Waals surface area contributed by atoms with Gasteiger partial charge in [-0.15, -0.1) is 0 Å². The van der Waals surface area contributed by atoms with Crippen molar-refractivity contribution in [3.8, 4) is 0 Å². The van der Waals surface area contributed by atoms with E-state index in [1.807, 2.05) is 6.07 Å². The minimum Gasteiger partial charge on any atom is -0.397 e. The fourth-order valence-electron chi connectivity index (χ4n) is 2.15. The van der Waals surface area contributed by atoms with E-state index < -0.39 is 0 Å². The summed E-state index contributed by atoms with van der Waals surface area (Å²) in [5, 5.41) is 8.06. The molecule has 0 aliphatic heterocycles. The summed E-state index contributed by atoms with van der Waals surface area (Å²) in [6, 6.07) is 4.54. The van der Waals surface area contributed by atoms with Crippen LogP contribution < -0.4 is 10.6 Å². The quantitative estimate of drug-likeness (QED) is 0.797. The molecule has 0 fully saturated rings. The van der Waals surface area contributed by atoms with Crippen LogP contribution in [0.2, 0.25) is 0 Å². The molecular formula is C13H20N4. The number of rotatable bonds is 4. The summed E-state index contributed by atoms with van der Waals surface area (Å²) < 4.78 is 0. The second kappa shape index (κ2) is 4.65. The molecule has 0 radical (unpaired) electrons. The van der Waals surface area contributed by atoms with Gasteiger partial charge in [0.15, 0.2) is 0 Å². The Bertz CT molecular complexity index is 503. The lowest BCUT2D eigenvalue weighted by atomic mass is 10.1. The summed E-state index contributed by atoms with van der Waals surface area (Å²) in [4.78, 5) is 2.24. The number of nitrogen functional groups attached to an aromatic ring is 1. The number of benzene rings is 1. The van der Waals surface area contributed by atoms with Crippen molar-refractivity contribution in [3.63, 3.8) is 0 Å². The van der Waals surface area contributed by atoms with E-state index in [2.05, 4.69) is 42.1 Å². The third kappa shape index (κ3) is 2.20. The van der Waals surface area contributed by atoms with Gasteiger partial charge in [-0.05, 0) is 25.5 Å². The summed E-state index contributed by atoms with van der Waals surface area (Å²) in [6.07, 6.45) is 4.14. The average molecular weight is 232 g/mol. The van der Waals surface area contributed by atoms with Gasteiger partial charge in [-0.3, -0.25) is 5.10 Å². The largest absolute Gasteiger partial charge is 0.397 e. The molecule has 17 heavy (non-hydrogen) atoms. The second-order valence-electron chi connectivity index (χ2n) is 4.62. The van der Waals surface area contributed by atoms with Crippen molar-refractivity contribution in [2.75, 3.05) is 17.7 Å². The molecule has 0 spiro atoms. The molecule has 3 N–H and O–H groups in total. The van der Waals surface area contributed by atoms with E-state index in [4.69, 9.17) is 5.73 Å². The molecule has 0 amide bonds. The van der Waals surface area contributed by atoms with Crippen LogP contribution in [0.5, 0.6) is 0 Å². The highest BCUT2D eigenvalue weighted by molar-refractivity contribution is 5.88. The molecule has 2 rings (SSSR count). The van der Waals surface area contributed by atoms with Gasteiger partial charge >= 0.3 is 0 Å². The molecule has 2 aromatic rings. The number of nitrogens with zero attached hydrogens (tertiary/aromatic N) is 2. The van der Waals surface area contributed by atoms with Gasteiger partial charge in [-0.25, -0.2) is 0 Å². The van der Waals surface area contributed by atoms with Gasteiger partial charge in [0, 0.05) is 18.5 Å². The van der Waals surface area contributed by atoms with Crippen molar-refractivity contribution in [1.82, 2.24) is 10.2 Å². The molecule has 0 aliphatic carbocycles. The van der Waals surface area contributed by atoms with Crippen LogP contribution in [-0.4, -0.2) is 23.3 Å². The lowest BCUT2D eigenvalue weighted by molar-refractivity contribution is 0.617. The predicted octanol–water partition coefficient (Wildman–Crippen LogP) is 2.77. The van der Waals surface area contributed by atoms with Crippen LogP contribution in [-0.2, 0) is 0 Å². The standard InChI is InChI=1S/C13H20N4/c1-4-5-9(2)17(3)13-7-12-10(6-11(13)14)8-15-16-12/h6-9H,4-5,14H2,1-3H3,(H,15,16). The number of nitrogens with two attached hydrogens (primary N) is 1. The molecule has 0 bridgehead atoms. The fraction of sp³-hybridized carbons (Fsp3) is 0.462. The first-order valence-corrected chi connectivity index (χ1v) is 6.09. The second-order valence-corrected chi connectivity index (χ2v) is 4.62. The third-order valence-corrected chi connectivity index (χ3v) is 3.34. The van der Waals surface area contributed by atoms with E-state index in [0.717, 1.165) is 28.7 Å². The minimum absolute atomic E-state index is 0.489. The summed E-state index contributed by atoms with van der Waals surface area (Å²) in [5.41, 5.74) is 9.01. The first kappa shape index (κ1) is 11.8. The molecule has 1 aromatic carbocycles. The van der Waals surface area contributed by atoms with Crippen LogP contribution in [0.1, 0.15) is 26.7 Å². The number of nitrogens with one attached hydrogen (secondary N) is 1. The topological polar surface area (TPSA) is 57.9 Å². The molecule has 0 saturated carbocycles. The zero-order valence-corrected chi connectivity index (χ0v) is 10.7. The van der Waals surface area contributed by atoms with Gasteiger partial charge in [0.05, 0.1) is 23.1 Å². The van der Waals surface area contributed by atoms with E-state index in [-0.39, 0.29) is 0 Å². The van der Waals surface area contributed by atoms with Crippen molar-refractivity contribution < 1.29 is 0 Å². The SMILES string of the molecule is CCCC(C)N(C)c1cc2[nH]ncc2cc1N. The molecular weight excluding hydrogens is 212 g/mol. The Labute approximate surface area is 102 Å². The Morgan fingerprint density at radius 3 is 2.94 bits per heavy atom. The van der Waals surface area contributed by atoms with Gasteiger partial charge in [0.1, 0.15) is 0 Å². The number of aromatic amines is 1. The maximum atomic E-state index is 6.10. The normalized spacial score (nSPS) is 12.9. The Balaban J connectivity index is 2.36. The molecule has 0 saturated heterocycles. The summed E-state index contributed by atoms with van der Waals surface area (Å²) in [5.74, 6) is 0. The van der Waals surface area contributed by atoms with Crippen molar-refractivity contribution in [1.29, 1.82) is 0 Å². The van der Waals surface area contributed by atoms with Crippen LogP contribution in [0.4, 0.5) is 11.4 Å². The van der Waals surface area contributed by atoms with E-state index in [0.29, 0.717) is 6.04 Å². The van der Waals surface area contributed by atoms with Gasteiger partial charge < -0.3 is 10.6 Å². The zero-order valence-electron chi connectivity index (χ0n) is 10.7. The van der Waals surface area contributed by atoms with Crippen LogP contribution in [0.25, 0.3) is 10.9 Å². The number of anilines is 2. The Kier molecular flexibility index (Phi) is 3.22. The van der Waals surface area contributed by atoms with Crippen molar-refractivity contribution in [2.45, 2.75) is 32.7 Å². The summed E-state index contributed by atoms with van der Waals surface area (Å²) in [6.45, 7) is 4.42. The fourth-order valence-corrected chi connectivity index (χ4v) is 2.15. The molecule has 1 heterocycles. The number of hydrogen-bond acceptors (Lipinski definition) is 3. The molecule has 1 aromatic heterocycles. The Morgan fingerprint density at radius 1 is 1.47 bits per heavy atom. The van der Waals surface area contributed by atoms with E-state index in [1.54, 1.807) is 6.20 Å². The highest BCUT2D eigenvalue weighted by Crippen LogP contribution is 2.29. The maximum Gasteiger partial charge on any atom is 0.0672 e. The number of aromatic nitrogens is 2. The predicted molar refractivity (Wildman–Crippen MR) is 73.3 cm³/mol. The van der Waals surface area contributed by atoms with Gasteiger partial charge in [0.2, 0.25) is 0 Å². The summed E-state index contributed by atoms with van der Waals surface area (Å²) in [7, 11) is 2.09. The number of H-pyrrole nitrogens is 1. The monoisotopic (exact) mass is 232 g/mol. The molecule has 1 unspecified atom stereocenters. The molecule has 4 heteroatoms. The lowest BCUT2D eigenvalue weighted by Crippen LogP contribution is -2.29. The van der Waals surface area contributed by atoms with Crippen molar-refractivity contribution in [2.24, 2.45) is 0 Å². The van der Waals surface area contributed by atoms with Gasteiger partial charge in [-0.2, -0.15) is 5.10 Å². The van der Waals surface area contributed by atoms with Crippen molar-refractivity contribution >= 4 is 22.3 Å².